The Hall–Kier alpha value is 1.10. The molecule has 0 fully saturated rings. The van der Waals surface area contributed by atoms with Gasteiger partial charge in [0.15, 0.2) is 20.8 Å². The van der Waals surface area contributed by atoms with Gasteiger partial charge in [-0.3, -0.25) is 9.13 Å². The maximum absolute atomic E-state index is 14.0. The van der Waals surface area contributed by atoms with E-state index in [9.17, 15) is 18.5 Å². The number of hydrogen-bond donors (Lipinski definition) is 1. The summed E-state index contributed by atoms with van der Waals surface area (Å²) in [5.74, 6) is 0. The zero-order chi connectivity index (χ0) is 21.6. The van der Waals surface area contributed by atoms with Crippen LogP contribution in [-0.4, -0.2) is 41.8 Å². The fourth-order valence-corrected chi connectivity index (χ4v) is 37.3. The van der Waals surface area contributed by atoms with Gasteiger partial charge in [0.2, 0.25) is 0 Å². The van der Waals surface area contributed by atoms with Crippen molar-refractivity contribution in [3.8, 4) is 0 Å². The van der Waals surface area contributed by atoms with E-state index in [4.69, 9.17) is 8.43 Å². The fraction of sp³-hybridized carbons (Fsp3) is 1.00. The highest BCUT2D eigenvalue weighted by molar-refractivity contribution is 7.84. The van der Waals surface area contributed by atoms with E-state index in [1.54, 1.807) is 78.6 Å². The molecule has 2 atom stereocenters. The Morgan fingerprint density at radius 1 is 0.731 bits per heavy atom. The monoisotopic (exact) mass is 482 g/mol. The smallest absolute Gasteiger partial charge is 0.351 e. The second-order valence-corrected chi connectivity index (χ2v) is 37.1. The number of halogens is 1. The minimum Gasteiger partial charge on any atom is -0.351 e. The third-order valence-corrected chi connectivity index (χ3v) is 33.5. The van der Waals surface area contributed by atoms with Crippen LogP contribution in [0.2, 0.25) is 78.6 Å². The lowest BCUT2D eigenvalue weighted by molar-refractivity contribution is -0.0184. The van der Waals surface area contributed by atoms with Gasteiger partial charge in [0.1, 0.15) is 0 Å². The lowest BCUT2D eigenvalue weighted by Crippen LogP contribution is -2.66. The van der Waals surface area contributed by atoms with Crippen molar-refractivity contribution in [2.45, 2.75) is 82.7 Å². The van der Waals surface area contributed by atoms with Gasteiger partial charge in [-0.2, -0.15) is 0 Å². The second kappa shape index (κ2) is 7.74. The minimum atomic E-state index is -4.61. The van der Waals surface area contributed by atoms with Gasteiger partial charge in [-0.1, -0.05) is 39.3 Å². The molecule has 0 saturated carbocycles. The molecule has 0 saturated heterocycles. The Morgan fingerprint density at radius 2 is 1.04 bits per heavy atom. The molecule has 0 spiro atoms. The van der Waals surface area contributed by atoms with E-state index in [0.29, 0.717) is 0 Å². The Balaban J connectivity index is 7.23. The van der Waals surface area contributed by atoms with E-state index in [1.807, 2.05) is 0 Å². The first-order valence-corrected chi connectivity index (χ1v) is 25.6. The van der Waals surface area contributed by atoms with Crippen LogP contribution in [0.5, 0.6) is 0 Å². The molecule has 13 heteroatoms. The Kier molecular flexibility index (Phi) is 8.06. The molecule has 6 nitrogen and oxygen atoms in total. The van der Waals surface area contributed by atoms with Gasteiger partial charge in [0.25, 0.3) is 0 Å². The highest BCUT2D eigenvalue weighted by Gasteiger charge is 2.77. The van der Waals surface area contributed by atoms with Gasteiger partial charge in [0.05, 0.1) is 16.1 Å². The molecule has 0 aliphatic rings. The van der Waals surface area contributed by atoms with E-state index >= 15 is 0 Å². The van der Waals surface area contributed by atoms with Crippen molar-refractivity contribution in [2.75, 3.05) is 0 Å². The summed E-state index contributed by atoms with van der Waals surface area (Å²) in [5.41, 5.74) is 0. The van der Waals surface area contributed by atoms with Crippen LogP contribution < -0.4 is 0 Å². The molecule has 26 heavy (non-hydrogen) atoms. The quantitative estimate of drug-likeness (QED) is 0.302. The van der Waals surface area contributed by atoms with Crippen LogP contribution in [0, 0.1) is 0 Å². The average molecular weight is 483 g/mol. The van der Waals surface area contributed by atoms with Crippen LogP contribution in [-0.2, 0) is 22.3 Å². The predicted octanol–water partition coefficient (Wildman–Crippen LogP) is 6.42. The molecule has 158 valence electrons. The van der Waals surface area contributed by atoms with Gasteiger partial charge in [-0.15, -0.1) is 4.73 Å². The van der Waals surface area contributed by atoms with Crippen molar-refractivity contribution in [3.05, 3.63) is 0 Å². The van der Waals surface area contributed by atoms with Crippen molar-refractivity contribution < 1.29 is 31.7 Å². The molecule has 0 aromatic heterocycles. The average Bonchev–Trinajstić information content (AvgIpc) is 2.17. The standard InChI is InChI=1S/C13H37FO6P2Si4/c1-23(2,3)13(24(4,5)6,21(15,16)19-25(7,8)9)22(17,18-14)20-26(10,11)12/h1-12H3,(H,15,16). The second-order valence-electron chi connectivity index (χ2n) is 10.7. The third kappa shape index (κ3) is 5.37. The third-order valence-electron chi connectivity index (χ3n) is 3.78. The highest BCUT2D eigenvalue weighted by atomic mass is 31.2. The van der Waals surface area contributed by atoms with Crippen molar-refractivity contribution in [1.29, 1.82) is 0 Å². The summed E-state index contributed by atoms with van der Waals surface area (Å²) in [6, 6.07) is 0. The zero-order valence-electron chi connectivity index (χ0n) is 18.3. The van der Waals surface area contributed by atoms with Gasteiger partial charge in [-0.25, -0.2) is 0 Å². The summed E-state index contributed by atoms with van der Waals surface area (Å²) in [5, 5.41) is 0. The lowest BCUT2D eigenvalue weighted by atomic mass is 11.7. The first kappa shape index (κ1) is 27.1. The lowest BCUT2D eigenvalue weighted by Gasteiger charge is -2.54. The molecule has 0 aromatic rings. The summed E-state index contributed by atoms with van der Waals surface area (Å²) < 4.78 is 55.5. The highest BCUT2D eigenvalue weighted by Crippen LogP contribution is 2.82. The molecule has 1 N–H and O–H groups in total. The molecule has 0 aromatic carbocycles. The molecule has 0 amide bonds. The van der Waals surface area contributed by atoms with Crippen LogP contribution >= 0.6 is 15.2 Å². The van der Waals surface area contributed by atoms with Gasteiger partial charge >= 0.3 is 15.2 Å². The summed E-state index contributed by atoms with van der Waals surface area (Å²) in [6.45, 7) is 21.4. The van der Waals surface area contributed by atoms with Crippen LogP contribution in [0.1, 0.15) is 0 Å². The molecule has 0 heterocycles. The fourth-order valence-electron chi connectivity index (χ4n) is 3.88. The van der Waals surface area contributed by atoms with Crippen LogP contribution in [0.15, 0.2) is 0 Å². The molecule has 0 aliphatic heterocycles. The summed E-state index contributed by atoms with van der Waals surface area (Å²) in [6.07, 6.45) is 0. The Morgan fingerprint density at radius 3 is 1.23 bits per heavy atom. The Labute approximate surface area is 162 Å². The summed E-state index contributed by atoms with van der Waals surface area (Å²) in [4.78, 5) is 11.2. The van der Waals surface area contributed by atoms with Crippen LogP contribution in [0.3, 0.4) is 0 Å². The predicted molar refractivity (Wildman–Crippen MR) is 118 cm³/mol. The summed E-state index contributed by atoms with van der Waals surface area (Å²) >= 11 is 0. The van der Waals surface area contributed by atoms with Crippen LogP contribution in [0.4, 0.5) is 4.53 Å². The van der Waals surface area contributed by atoms with E-state index in [0.717, 1.165) is 0 Å². The molecule has 0 radical (unpaired) electrons. The van der Waals surface area contributed by atoms with Crippen molar-refractivity contribution >= 4 is 48.0 Å². The Bertz CT molecular complexity index is 590. The summed E-state index contributed by atoms with van der Waals surface area (Å²) in [7, 11) is -20.0. The number of hydrogen-bond acceptors (Lipinski definition) is 5. The maximum Gasteiger partial charge on any atom is 0.366 e. The maximum atomic E-state index is 14.0. The van der Waals surface area contributed by atoms with Gasteiger partial charge in [0, 0.05) is 0 Å². The van der Waals surface area contributed by atoms with E-state index in [2.05, 4.69) is 4.73 Å². The first-order chi connectivity index (χ1) is 11.0. The SMILES string of the molecule is C[Si](C)(C)OP(=O)(O)C([Si](C)(C)C)([Si](C)(C)C)P(=O)(OF)O[Si](C)(C)C. The topological polar surface area (TPSA) is 82.1 Å². The van der Waals surface area contributed by atoms with Crippen molar-refractivity contribution in [2.24, 2.45) is 0 Å². The minimum absolute atomic E-state index is 1.75. The zero-order valence-corrected chi connectivity index (χ0v) is 24.0. The molecule has 0 aliphatic carbocycles. The van der Waals surface area contributed by atoms with E-state index < -0.39 is 52.1 Å². The van der Waals surface area contributed by atoms with Crippen molar-refractivity contribution in [1.82, 2.24) is 0 Å². The molecule has 2 unspecified atom stereocenters. The number of rotatable bonds is 9. The first-order valence-electron chi connectivity index (χ1n) is 8.62. The molecular weight excluding hydrogens is 445 g/mol. The van der Waals surface area contributed by atoms with E-state index in [1.165, 1.54) is 0 Å². The molecular formula is C13H37FO6P2Si4. The van der Waals surface area contributed by atoms with Gasteiger partial charge < -0.3 is 13.3 Å². The normalized spacial score (nSPS) is 19.8. The molecule has 0 rings (SSSR count). The van der Waals surface area contributed by atoms with Gasteiger partial charge in [-0.05, 0) is 43.8 Å². The van der Waals surface area contributed by atoms with Crippen molar-refractivity contribution in [3.63, 3.8) is 0 Å². The molecule has 0 bridgehead atoms. The largest absolute Gasteiger partial charge is 0.366 e. The van der Waals surface area contributed by atoms with Crippen LogP contribution in [0.25, 0.3) is 0 Å². The van der Waals surface area contributed by atoms with E-state index in [-0.39, 0.29) is 0 Å².